The molecule has 0 saturated heterocycles. The topological polar surface area (TPSA) is 56.0 Å². The highest BCUT2D eigenvalue weighted by atomic mass is 19.1. The molecule has 168 valence electrons. The van der Waals surface area contributed by atoms with E-state index < -0.39 is 0 Å². The SMILES string of the molecule is O=C(NCc1ccccc1F)c1ccc2c(c1)c(=O)n(-c1ccccc1)n2C1CCCCC1. The molecule has 1 aromatic heterocycles. The first kappa shape index (κ1) is 21.2. The van der Waals surface area contributed by atoms with Gasteiger partial charge in [0.2, 0.25) is 0 Å². The number of nitrogens with zero attached hydrogens (tertiary/aromatic N) is 2. The Morgan fingerprint density at radius 2 is 1.67 bits per heavy atom. The van der Waals surface area contributed by atoms with Crippen molar-refractivity contribution in [2.24, 2.45) is 0 Å². The second kappa shape index (κ2) is 9.06. The van der Waals surface area contributed by atoms with E-state index >= 15 is 0 Å². The number of hydrogen-bond acceptors (Lipinski definition) is 2. The molecule has 0 radical (unpaired) electrons. The number of rotatable bonds is 5. The fourth-order valence-electron chi connectivity index (χ4n) is 4.78. The molecule has 0 bridgehead atoms. The highest BCUT2D eigenvalue weighted by Crippen LogP contribution is 2.31. The number of nitrogens with one attached hydrogen (secondary N) is 1. The zero-order chi connectivity index (χ0) is 22.8. The summed E-state index contributed by atoms with van der Waals surface area (Å²) in [6.07, 6.45) is 5.56. The van der Waals surface area contributed by atoms with Crippen molar-refractivity contribution in [2.45, 2.75) is 44.7 Å². The quantitative estimate of drug-likeness (QED) is 0.451. The van der Waals surface area contributed by atoms with Gasteiger partial charge in [-0.25, -0.2) is 9.07 Å². The molecule has 5 rings (SSSR count). The van der Waals surface area contributed by atoms with E-state index in [0.29, 0.717) is 16.5 Å². The molecule has 0 unspecified atom stereocenters. The molecule has 4 aromatic rings. The van der Waals surface area contributed by atoms with Crippen molar-refractivity contribution in [3.63, 3.8) is 0 Å². The molecule has 1 aliphatic carbocycles. The molecule has 3 aromatic carbocycles. The monoisotopic (exact) mass is 443 g/mol. The third-order valence-corrected chi connectivity index (χ3v) is 6.46. The van der Waals surface area contributed by atoms with E-state index in [0.717, 1.165) is 36.9 Å². The van der Waals surface area contributed by atoms with E-state index in [1.165, 1.54) is 12.5 Å². The number of carbonyl (C=O) groups is 1. The molecular weight excluding hydrogens is 417 g/mol. The lowest BCUT2D eigenvalue weighted by Crippen LogP contribution is -2.25. The van der Waals surface area contributed by atoms with Gasteiger partial charge in [-0.1, -0.05) is 55.7 Å². The largest absolute Gasteiger partial charge is 0.348 e. The minimum absolute atomic E-state index is 0.0842. The maximum atomic E-state index is 13.9. The van der Waals surface area contributed by atoms with Crippen molar-refractivity contribution in [1.82, 2.24) is 14.7 Å². The Bertz CT molecular complexity index is 1350. The molecule has 1 amide bonds. The summed E-state index contributed by atoms with van der Waals surface area (Å²) in [6.45, 7) is 0.0842. The number of halogens is 1. The Balaban J connectivity index is 1.54. The molecule has 0 aliphatic heterocycles. The highest BCUT2D eigenvalue weighted by Gasteiger charge is 2.24. The lowest BCUT2D eigenvalue weighted by Gasteiger charge is -2.26. The summed E-state index contributed by atoms with van der Waals surface area (Å²) in [6, 6.07) is 21.5. The van der Waals surface area contributed by atoms with Gasteiger partial charge >= 0.3 is 0 Å². The summed E-state index contributed by atoms with van der Waals surface area (Å²) >= 11 is 0. The third kappa shape index (κ3) is 4.09. The molecule has 6 heteroatoms. The minimum Gasteiger partial charge on any atom is -0.348 e. The normalized spacial score (nSPS) is 14.5. The highest BCUT2D eigenvalue weighted by molar-refractivity contribution is 5.98. The lowest BCUT2D eigenvalue weighted by atomic mass is 9.95. The Morgan fingerprint density at radius 1 is 0.939 bits per heavy atom. The van der Waals surface area contributed by atoms with Gasteiger partial charge in [0.25, 0.3) is 11.5 Å². The van der Waals surface area contributed by atoms with Gasteiger partial charge in [-0.15, -0.1) is 0 Å². The van der Waals surface area contributed by atoms with Crippen molar-refractivity contribution >= 4 is 16.8 Å². The number of hydrogen-bond donors (Lipinski definition) is 1. The molecule has 33 heavy (non-hydrogen) atoms. The Morgan fingerprint density at radius 3 is 2.42 bits per heavy atom. The van der Waals surface area contributed by atoms with Crippen LogP contribution in [0.5, 0.6) is 0 Å². The molecule has 1 saturated carbocycles. The number of carbonyl (C=O) groups excluding carboxylic acids is 1. The van der Waals surface area contributed by atoms with Crippen LogP contribution in [0.1, 0.15) is 54.1 Å². The number of para-hydroxylation sites is 1. The summed E-state index contributed by atoms with van der Waals surface area (Å²) in [5, 5.41) is 3.28. The van der Waals surface area contributed by atoms with E-state index in [2.05, 4.69) is 10.00 Å². The van der Waals surface area contributed by atoms with E-state index in [4.69, 9.17) is 0 Å². The first-order chi connectivity index (χ1) is 16.1. The van der Waals surface area contributed by atoms with Crippen LogP contribution < -0.4 is 10.9 Å². The smallest absolute Gasteiger partial charge is 0.279 e. The molecule has 0 spiro atoms. The molecular formula is C27H26FN3O2. The van der Waals surface area contributed by atoms with E-state index in [1.807, 2.05) is 36.4 Å². The standard InChI is InChI=1S/C27H26FN3O2/c28-24-14-8-7-9-20(24)18-29-26(32)19-15-16-25-23(17-19)27(33)31(22-12-5-2-6-13-22)30(25)21-10-3-1-4-11-21/h2,5-9,12-17,21H,1,3-4,10-11,18H2,(H,29,32). The fourth-order valence-corrected chi connectivity index (χ4v) is 4.78. The van der Waals surface area contributed by atoms with Crippen LogP contribution in [0.3, 0.4) is 0 Å². The molecule has 1 fully saturated rings. The number of amides is 1. The van der Waals surface area contributed by atoms with Crippen LogP contribution in [0.15, 0.2) is 77.6 Å². The van der Waals surface area contributed by atoms with E-state index in [9.17, 15) is 14.0 Å². The summed E-state index contributed by atoms with van der Waals surface area (Å²) in [5.74, 6) is -0.695. The van der Waals surface area contributed by atoms with Crippen molar-refractivity contribution in [3.8, 4) is 5.69 Å². The predicted molar refractivity (Wildman–Crippen MR) is 127 cm³/mol. The van der Waals surface area contributed by atoms with Crippen molar-refractivity contribution in [3.05, 3.63) is 100 Å². The van der Waals surface area contributed by atoms with Crippen LogP contribution in [-0.4, -0.2) is 15.3 Å². The van der Waals surface area contributed by atoms with Gasteiger partial charge in [0.15, 0.2) is 0 Å². The van der Waals surface area contributed by atoms with Gasteiger partial charge in [0, 0.05) is 17.7 Å². The van der Waals surface area contributed by atoms with Gasteiger partial charge in [-0.05, 0) is 49.2 Å². The van der Waals surface area contributed by atoms with Crippen LogP contribution in [0.25, 0.3) is 16.6 Å². The maximum absolute atomic E-state index is 13.9. The van der Waals surface area contributed by atoms with Gasteiger partial charge in [-0.2, -0.15) is 0 Å². The summed E-state index contributed by atoms with van der Waals surface area (Å²) < 4.78 is 17.8. The van der Waals surface area contributed by atoms with Crippen LogP contribution in [0.4, 0.5) is 4.39 Å². The molecule has 1 N–H and O–H groups in total. The summed E-state index contributed by atoms with van der Waals surface area (Å²) in [5.41, 5.74) is 2.32. The fraction of sp³-hybridized carbons (Fsp3) is 0.259. The van der Waals surface area contributed by atoms with Gasteiger partial charge < -0.3 is 5.32 Å². The second-order valence-electron chi connectivity index (χ2n) is 8.59. The number of aromatic nitrogens is 2. The predicted octanol–water partition coefficient (Wildman–Crippen LogP) is 5.37. The van der Waals surface area contributed by atoms with Crippen LogP contribution >= 0.6 is 0 Å². The average Bonchev–Trinajstić information content (AvgIpc) is 3.16. The van der Waals surface area contributed by atoms with Gasteiger partial charge in [0.1, 0.15) is 5.82 Å². The Hall–Kier alpha value is -3.67. The molecule has 1 aliphatic rings. The van der Waals surface area contributed by atoms with Crippen molar-refractivity contribution < 1.29 is 9.18 Å². The van der Waals surface area contributed by atoms with Crippen molar-refractivity contribution in [2.75, 3.05) is 0 Å². The lowest BCUT2D eigenvalue weighted by molar-refractivity contribution is 0.0950. The van der Waals surface area contributed by atoms with Crippen molar-refractivity contribution in [1.29, 1.82) is 0 Å². The summed E-state index contributed by atoms with van der Waals surface area (Å²) in [7, 11) is 0. The van der Waals surface area contributed by atoms with Crippen LogP contribution in [0, 0.1) is 5.82 Å². The van der Waals surface area contributed by atoms with Crippen LogP contribution in [-0.2, 0) is 6.54 Å². The Labute approximate surface area is 191 Å². The zero-order valence-electron chi connectivity index (χ0n) is 18.3. The first-order valence-electron chi connectivity index (χ1n) is 11.5. The number of benzene rings is 3. The zero-order valence-corrected chi connectivity index (χ0v) is 18.3. The average molecular weight is 444 g/mol. The van der Waals surface area contributed by atoms with Gasteiger partial charge in [-0.3, -0.25) is 14.3 Å². The van der Waals surface area contributed by atoms with Gasteiger partial charge in [0.05, 0.1) is 22.6 Å². The third-order valence-electron chi connectivity index (χ3n) is 6.46. The minimum atomic E-state index is -0.358. The second-order valence-corrected chi connectivity index (χ2v) is 8.59. The Kier molecular flexibility index (Phi) is 5.82. The molecule has 5 nitrogen and oxygen atoms in total. The molecule has 0 atom stereocenters. The van der Waals surface area contributed by atoms with E-state index in [1.54, 1.807) is 35.0 Å². The van der Waals surface area contributed by atoms with Crippen LogP contribution in [0.2, 0.25) is 0 Å². The maximum Gasteiger partial charge on any atom is 0.279 e. The number of fused-ring (bicyclic) bond motifs is 1. The molecule has 1 heterocycles. The van der Waals surface area contributed by atoms with E-state index in [-0.39, 0.29) is 29.9 Å². The summed E-state index contributed by atoms with van der Waals surface area (Å²) in [4.78, 5) is 26.4. The first-order valence-corrected chi connectivity index (χ1v) is 11.5.